The van der Waals surface area contributed by atoms with Crippen LogP contribution in [0.5, 0.6) is 0 Å². The van der Waals surface area contributed by atoms with Crippen molar-refractivity contribution >= 4 is 24.0 Å². The molecule has 1 unspecified atom stereocenters. The van der Waals surface area contributed by atoms with Gasteiger partial charge < -0.3 is 15.0 Å². The number of rotatable bonds is 4. The van der Waals surface area contributed by atoms with Gasteiger partial charge in [-0.3, -0.25) is 19.2 Å². The Morgan fingerprint density at radius 1 is 1.39 bits per heavy atom. The van der Waals surface area contributed by atoms with Crippen molar-refractivity contribution in [2.45, 2.75) is 27.3 Å². The highest BCUT2D eigenvalue weighted by Crippen LogP contribution is 2.21. The second-order valence-electron chi connectivity index (χ2n) is 6.55. The van der Waals surface area contributed by atoms with E-state index in [0.717, 1.165) is 11.4 Å². The number of carbonyl (C=O) groups excluding carboxylic acids is 2. The second kappa shape index (κ2) is 9.65. The van der Waals surface area contributed by atoms with Crippen LogP contribution >= 0.6 is 0 Å². The summed E-state index contributed by atoms with van der Waals surface area (Å²) < 4.78 is 1.76. The lowest BCUT2D eigenvalue weighted by Crippen LogP contribution is -2.27. The molecule has 9 heteroatoms. The highest BCUT2D eigenvalue weighted by Gasteiger charge is 2.26. The minimum atomic E-state index is -0.250. The predicted molar refractivity (Wildman–Crippen MR) is 102 cm³/mol. The molecule has 0 radical (unpaired) electrons. The zero-order valence-electron chi connectivity index (χ0n) is 16.1. The normalized spacial score (nSPS) is 15.5. The first-order valence-electron chi connectivity index (χ1n) is 8.76. The summed E-state index contributed by atoms with van der Waals surface area (Å²) in [6.45, 7) is 6.82. The first kappa shape index (κ1) is 21.1. The number of aromatic nitrogens is 2. The number of hydrogen-bond donors (Lipinski definition) is 2. The van der Waals surface area contributed by atoms with E-state index >= 15 is 0 Å². The average molecular weight is 388 g/mol. The number of imidazole rings is 1. The van der Waals surface area contributed by atoms with Crippen LogP contribution in [0.4, 0.5) is 5.69 Å². The lowest BCUT2D eigenvalue weighted by atomic mass is 10.1. The average Bonchev–Trinajstić information content (AvgIpc) is 3.25. The highest BCUT2D eigenvalue weighted by atomic mass is 16.7. The van der Waals surface area contributed by atoms with E-state index in [1.54, 1.807) is 29.1 Å². The van der Waals surface area contributed by atoms with E-state index in [-0.39, 0.29) is 24.8 Å². The number of hydroxylamine groups is 2. The molecule has 1 aliphatic rings. The van der Waals surface area contributed by atoms with Crippen molar-refractivity contribution < 1.29 is 24.3 Å². The SMILES string of the molecule is Cc1ccc(C(=O)N2CC(C)CO2)cc1NC(=O)Cn1ccnc1C.O=CO. The fraction of sp³-hybridized carbons (Fsp3) is 0.368. The molecule has 2 amide bonds. The van der Waals surface area contributed by atoms with E-state index in [2.05, 4.69) is 10.3 Å². The van der Waals surface area contributed by atoms with Gasteiger partial charge in [0.1, 0.15) is 12.4 Å². The van der Waals surface area contributed by atoms with Gasteiger partial charge in [-0.1, -0.05) is 13.0 Å². The van der Waals surface area contributed by atoms with Crippen LogP contribution in [-0.2, 0) is 21.0 Å². The number of aryl methyl sites for hydroxylation is 2. The molecule has 1 aromatic heterocycles. The molecule has 0 saturated carbocycles. The monoisotopic (exact) mass is 388 g/mol. The maximum atomic E-state index is 12.5. The maximum absolute atomic E-state index is 12.5. The van der Waals surface area contributed by atoms with Crippen LogP contribution in [-0.4, -0.2) is 51.2 Å². The third kappa shape index (κ3) is 5.40. The van der Waals surface area contributed by atoms with Gasteiger partial charge in [0.25, 0.3) is 12.4 Å². The number of anilines is 1. The van der Waals surface area contributed by atoms with Crippen molar-refractivity contribution in [3.05, 3.63) is 47.5 Å². The number of hydrogen-bond acceptors (Lipinski definition) is 5. The van der Waals surface area contributed by atoms with Crippen LogP contribution in [0.25, 0.3) is 0 Å². The Balaban J connectivity index is 0.000000878. The summed E-state index contributed by atoms with van der Waals surface area (Å²) in [5.74, 6) is 0.744. The van der Waals surface area contributed by atoms with Gasteiger partial charge in [0.2, 0.25) is 5.91 Å². The van der Waals surface area contributed by atoms with Crippen LogP contribution in [0.1, 0.15) is 28.7 Å². The Hall–Kier alpha value is -3.20. The van der Waals surface area contributed by atoms with Gasteiger partial charge in [0, 0.05) is 29.6 Å². The summed E-state index contributed by atoms with van der Waals surface area (Å²) in [5.41, 5.74) is 2.01. The van der Waals surface area contributed by atoms with Gasteiger partial charge in [-0.15, -0.1) is 0 Å². The summed E-state index contributed by atoms with van der Waals surface area (Å²) in [6, 6.07) is 5.27. The quantitative estimate of drug-likeness (QED) is 0.773. The van der Waals surface area contributed by atoms with Crippen molar-refractivity contribution in [1.29, 1.82) is 0 Å². The minimum absolute atomic E-state index is 0.167. The summed E-state index contributed by atoms with van der Waals surface area (Å²) >= 11 is 0. The molecule has 1 aromatic carbocycles. The lowest BCUT2D eigenvalue weighted by Gasteiger charge is -2.16. The van der Waals surface area contributed by atoms with Crippen LogP contribution in [0.3, 0.4) is 0 Å². The summed E-state index contributed by atoms with van der Waals surface area (Å²) in [6.07, 6.45) is 3.41. The Morgan fingerprint density at radius 2 is 2.11 bits per heavy atom. The molecule has 3 rings (SSSR count). The van der Waals surface area contributed by atoms with Crippen molar-refractivity contribution in [3.8, 4) is 0 Å². The molecule has 28 heavy (non-hydrogen) atoms. The van der Waals surface area contributed by atoms with E-state index in [4.69, 9.17) is 14.7 Å². The Labute approximate surface area is 162 Å². The van der Waals surface area contributed by atoms with Crippen LogP contribution in [0.15, 0.2) is 30.6 Å². The molecule has 0 bridgehead atoms. The van der Waals surface area contributed by atoms with Crippen LogP contribution in [0.2, 0.25) is 0 Å². The first-order valence-corrected chi connectivity index (χ1v) is 8.76. The number of carbonyl (C=O) groups is 3. The number of nitrogens with one attached hydrogen (secondary N) is 1. The fourth-order valence-corrected chi connectivity index (χ4v) is 2.70. The molecule has 1 saturated heterocycles. The molecular weight excluding hydrogens is 364 g/mol. The number of nitrogens with zero attached hydrogens (tertiary/aromatic N) is 3. The zero-order valence-corrected chi connectivity index (χ0v) is 16.1. The molecule has 0 spiro atoms. The van der Waals surface area contributed by atoms with Gasteiger partial charge in [-0.05, 0) is 31.5 Å². The maximum Gasteiger partial charge on any atom is 0.290 e. The van der Waals surface area contributed by atoms with Gasteiger partial charge in [-0.25, -0.2) is 10.0 Å². The molecule has 2 N–H and O–H groups in total. The largest absolute Gasteiger partial charge is 0.483 e. The smallest absolute Gasteiger partial charge is 0.290 e. The molecule has 1 fully saturated rings. The van der Waals surface area contributed by atoms with E-state index < -0.39 is 0 Å². The standard InChI is InChI=1S/C18H22N4O3.CH2O2/c1-12-9-22(25-11-12)18(24)15-5-4-13(2)16(8-15)20-17(23)10-21-7-6-19-14(21)3;2-1-3/h4-8,12H,9-11H2,1-3H3,(H,20,23);1H,(H,2,3). The first-order chi connectivity index (χ1) is 13.3. The van der Waals surface area contributed by atoms with Gasteiger partial charge in [0.15, 0.2) is 0 Å². The molecule has 0 aliphatic carbocycles. The minimum Gasteiger partial charge on any atom is -0.483 e. The molecule has 9 nitrogen and oxygen atoms in total. The molecular formula is C19H24N4O5. The molecule has 1 aliphatic heterocycles. The fourth-order valence-electron chi connectivity index (χ4n) is 2.70. The van der Waals surface area contributed by atoms with Crippen molar-refractivity contribution in [3.63, 3.8) is 0 Å². The van der Waals surface area contributed by atoms with E-state index in [9.17, 15) is 9.59 Å². The Kier molecular flexibility index (Phi) is 7.28. The van der Waals surface area contributed by atoms with E-state index in [1.807, 2.05) is 26.8 Å². The number of benzene rings is 1. The summed E-state index contributed by atoms with van der Waals surface area (Å²) in [5, 5.41) is 11.1. The number of amides is 2. The van der Waals surface area contributed by atoms with Crippen molar-refractivity contribution in [2.24, 2.45) is 5.92 Å². The third-order valence-corrected chi connectivity index (χ3v) is 4.22. The molecule has 150 valence electrons. The van der Waals surface area contributed by atoms with Gasteiger partial charge in [0.05, 0.1) is 13.2 Å². The third-order valence-electron chi connectivity index (χ3n) is 4.22. The van der Waals surface area contributed by atoms with E-state index in [1.165, 1.54) is 5.06 Å². The second-order valence-corrected chi connectivity index (χ2v) is 6.55. The summed E-state index contributed by atoms with van der Waals surface area (Å²) in [7, 11) is 0. The number of carboxylic acid groups (broad SMARTS) is 1. The van der Waals surface area contributed by atoms with Crippen molar-refractivity contribution in [1.82, 2.24) is 14.6 Å². The molecule has 1 atom stereocenters. The van der Waals surface area contributed by atoms with E-state index in [0.29, 0.717) is 30.3 Å². The molecule has 2 heterocycles. The van der Waals surface area contributed by atoms with Crippen molar-refractivity contribution in [2.75, 3.05) is 18.5 Å². The topological polar surface area (TPSA) is 114 Å². The Morgan fingerprint density at radius 3 is 2.68 bits per heavy atom. The highest BCUT2D eigenvalue weighted by molar-refractivity contribution is 5.97. The molecule has 2 aromatic rings. The Bertz CT molecular complexity index is 849. The zero-order chi connectivity index (χ0) is 20.7. The van der Waals surface area contributed by atoms with Crippen LogP contribution < -0.4 is 5.32 Å². The van der Waals surface area contributed by atoms with Gasteiger partial charge in [-0.2, -0.15) is 0 Å². The lowest BCUT2D eigenvalue weighted by molar-refractivity contribution is -0.123. The predicted octanol–water partition coefficient (Wildman–Crippen LogP) is 1.86. The summed E-state index contributed by atoms with van der Waals surface area (Å²) in [4.78, 5) is 42.7. The van der Waals surface area contributed by atoms with Gasteiger partial charge >= 0.3 is 0 Å². The van der Waals surface area contributed by atoms with Crippen LogP contribution in [0, 0.1) is 19.8 Å².